The maximum atomic E-state index is 10.3. The lowest BCUT2D eigenvalue weighted by Crippen LogP contribution is -1.97. The summed E-state index contributed by atoms with van der Waals surface area (Å²) in [6, 6.07) is 5.41. The predicted molar refractivity (Wildman–Crippen MR) is 72.2 cm³/mol. The first-order valence-electron chi connectivity index (χ1n) is 5.83. The van der Waals surface area contributed by atoms with Crippen LogP contribution in [-0.4, -0.2) is 17.7 Å². The number of benzene rings is 1. The average molecular weight is 291 g/mol. The molecular weight excluding hydrogens is 275 g/mol. The van der Waals surface area contributed by atoms with Crippen molar-refractivity contribution in [3.63, 3.8) is 0 Å². The van der Waals surface area contributed by atoms with Gasteiger partial charge in [0.05, 0.1) is 16.7 Å². The van der Waals surface area contributed by atoms with E-state index in [1.54, 1.807) is 12.1 Å². The molecule has 0 aliphatic rings. The third-order valence-corrected chi connectivity index (χ3v) is 3.17. The smallest absolute Gasteiger partial charge is 0.303 e. The second-order valence-corrected chi connectivity index (χ2v) is 4.82. The summed E-state index contributed by atoms with van der Waals surface area (Å²) in [7, 11) is 0. The Morgan fingerprint density at radius 2 is 1.94 bits per heavy atom. The van der Waals surface area contributed by atoms with Gasteiger partial charge in [-0.1, -0.05) is 35.7 Å². The molecule has 3 nitrogen and oxygen atoms in total. The molecule has 0 spiro atoms. The molecule has 0 saturated carbocycles. The normalized spacial score (nSPS) is 10.6. The van der Waals surface area contributed by atoms with Crippen molar-refractivity contribution in [3.8, 4) is 0 Å². The van der Waals surface area contributed by atoms with Gasteiger partial charge in [0, 0.05) is 13.0 Å². The van der Waals surface area contributed by atoms with E-state index in [1.165, 1.54) is 0 Å². The van der Waals surface area contributed by atoms with Crippen LogP contribution in [0, 0.1) is 0 Å². The van der Waals surface area contributed by atoms with Gasteiger partial charge in [0.2, 0.25) is 0 Å². The quantitative estimate of drug-likeness (QED) is 0.732. The molecule has 0 amide bonds. The fourth-order valence-electron chi connectivity index (χ4n) is 1.48. The zero-order valence-electron chi connectivity index (χ0n) is 9.99. The van der Waals surface area contributed by atoms with Gasteiger partial charge in [-0.25, -0.2) is 0 Å². The Balaban J connectivity index is 2.10. The van der Waals surface area contributed by atoms with Gasteiger partial charge in [-0.15, -0.1) is 0 Å². The minimum Gasteiger partial charge on any atom is -0.481 e. The third-order valence-electron chi connectivity index (χ3n) is 2.43. The van der Waals surface area contributed by atoms with E-state index in [4.69, 9.17) is 33.0 Å². The molecule has 0 radical (unpaired) electrons. The Morgan fingerprint density at radius 3 is 2.61 bits per heavy atom. The monoisotopic (exact) mass is 290 g/mol. The van der Waals surface area contributed by atoms with Crippen LogP contribution in [-0.2, 0) is 16.1 Å². The van der Waals surface area contributed by atoms with E-state index >= 15 is 0 Å². The van der Waals surface area contributed by atoms with E-state index in [0.29, 0.717) is 29.7 Å². The second kappa shape index (κ2) is 8.35. The number of ether oxygens (including phenoxy) is 1. The average Bonchev–Trinajstić information content (AvgIpc) is 2.32. The van der Waals surface area contributed by atoms with Crippen LogP contribution in [0.15, 0.2) is 18.2 Å². The summed E-state index contributed by atoms with van der Waals surface area (Å²) >= 11 is 11.7. The number of halogens is 2. The molecule has 1 aromatic carbocycles. The van der Waals surface area contributed by atoms with Crippen molar-refractivity contribution in [3.05, 3.63) is 33.8 Å². The molecule has 5 heteroatoms. The molecule has 1 N–H and O–H groups in total. The number of hydrogen-bond donors (Lipinski definition) is 1. The Hall–Kier alpha value is -0.770. The topological polar surface area (TPSA) is 46.5 Å². The maximum absolute atomic E-state index is 10.3. The van der Waals surface area contributed by atoms with Gasteiger partial charge in [0.15, 0.2) is 0 Å². The van der Waals surface area contributed by atoms with Crippen molar-refractivity contribution < 1.29 is 14.6 Å². The van der Waals surface area contributed by atoms with Crippen molar-refractivity contribution in [2.75, 3.05) is 6.61 Å². The zero-order valence-corrected chi connectivity index (χ0v) is 11.5. The lowest BCUT2D eigenvalue weighted by atomic mass is 10.2. The van der Waals surface area contributed by atoms with Crippen LogP contribution in [0.2, 0.25) is 10.0 Å². The highest BCUT2D eigenvalue weighted by Crippen LogP contribution is 2.22. The number of carboxylic acids is 1. The first-order valence-corrected chi connectivity index (χ1v) is 6.58. The van der Waals surface area contributed by atoms with E-state index in [1.807, 2.05) is 6.07 Å². The van der Waals surface area contributed by atoms with Gasteiger partial charge >= 0.3 is 5.97 Å². The summed E-state index contributed by atoms with van der Waals surface area (Å²) in [5.74, 6) is -0.744. The molecule has 18 heavy (non-hydrogen) atoms. The first-order chi connectivity index (χ1) is 8.59. The lowest BCUT2D eigenvalue weighted by Gasteiger charge is -2.05. The third kappa shape index (κ3) is 6.24. The zero-order chi connectivity index (χ0) is 13.4. The van der Waals surface area contributed by atoms with Gasteiger partial charge in [0.1, 0.15) is 0 Å². The fraction of sp³-hybridized carbons (Fsp3) is 0.462. The molecule has 0 bridgehead atoms. The summed E-state index contributed by atoms with van der Waals surface area (Å²) in [5, 5.41) is 9.52. The largest absolute Gasteiger partial charge is 0.481 e. The van der Waals surface area contributed by atoms with E-state index in [9.17, 15) is 4.79 Å². The van der Waals surface area contributed by atoms with Crippen LogP contribution in [0.25, 0.3) is 0 Å². The first kappa shape index (κ1) is 15.3. The molecule has 0 atom stereocenters. The SMILES string of the molecule is O=C(O)CCCCCOCc1ccc(Cl)c(Cl)c1. The van der Waals surface area contributed by atoms with Gasteiger partial charge < -0.3 is 9.84 Å². The van der Waals surface area contributed by atoms with E-state index in [2.05, 4.69) is 0 Å². The minimum atomic E-state index is -0.744. The van der Waals surface area contributed by atoms with Crippen LogP contribution < -0.4 is 0 Å². The van der Waals surface area contributed by atoms with Gasteiger partial charge in [-0.05, 0) is 30.5 Å². The maximum Gasteiger partial charge on any atom is 0.303 e. The number of rotatable bonds is 8. The molecule has 0 unspecified atom stereocenters. The second-order valence-electron chi connectivity index (χ2n) is 4.01. The molecule has 0 fully saturated rings. The summed E-state index contributed by atoms with van der Waals surface area (Å²) in [6.45, 7) is 1.12. The molecular formula is C13H16Cl2O3. The Morgan fingerprint density at radius 1 is 1.17 bits per heavy atom. The Bertz CT molecular complexity index is 394. The molecule has 1 rings (SSSR count). The molecule has 0 aliphatic carbocycles. The summed E-state index contributed by atoms with van der Waals surface area (Å²) in [4.78, 5) is 10.3. The van der Waals surface area contributed by atoms with E-state index in [-0.39, 0.29) is 6.42 Å². The molecule has 1 aromatic rings. The van der Waals surface area contributed by atoms with Gasteiger partial charge in [-0.3, -0.25) is 4.79 Å². The van der Waals surface area contributed by atoms with Crippen LogP contribution in [0.4, 0.5) is 0 Å². The van der Waals surface area contributed by atoms with Crippen molar-refractivity contribution in [2.24, 2.45) is 0 Å². The van der Waals surface area contributed by atoms with Crippen LogP contribution >= 0.6 is 23.2 Å². The number of unbranched alkanes of at least 4 members (excludes halogenated alkanes) is 2. The minimum absolute atomic E-state index is 0.229. The summed E-state index contributed by atoms with van der Waals surface area (Å²) < 4.78 is 5.47. The standard InChI is InChI=1S/C13H16Cl2O3/c14-11-6-5-10(8-12(11)15)9-18-7-3-1-2-4-13(16)17/h5-6,8H,1-4,7,9H2,(H,16,17). The molecule has 0 aromatic heterocycles. The highest BCUT2D eigenvalue weighted by Gasteiger charge is 2.00. The van der Waals surface area contributed by atoms with Crippen molar-refractivity contribution in [2.45, 2.75) is 32.3 Å². The summed E-state index contributed by atoms with van der Waals surface area (Å²) in [5.41, 5.74) is 0.981. The number of hydrogen-bond acceptors (Lipinski definition) is 2. The molecule has 0 heterocycles. The summed E-state index contributed by atoms with van der Waals surface area (Å²) in [6.07, 6.45) is 2.67. The van der Waals surface area contributed by atoms with Crippen LogP contribution in [0.5, 0.6) is 0 Å². The number of carboxylic acid groups (broad SMARTS) is 1. The lowest BCUT2D eigenvalue weighted by molar-refractivity contribution is -0.137. The highest BCUT2D eigenvalue weighted by molar-refractivity contribution is 6.42. The van der Waals surface area contributed by atoms with Crippen molar-refractivity contribution in [1.29, 1.82) is 0 Å². The van der Waals surface area contributed by atoms with Gasteiger partial charge in [0.25, 0.3) is 0 Å². The number of aliphatic carboxylic acids is 1. The Kier molecular flexibility index (Phi) is 7.09. The van der Waals surface area contributed by atoms with E-state index in [0.717, 1.165) is 18.4 Å². The predicted octanol–water partition coefficient (Wildman–Crippen LogP) is 4.16. The molecule has 0 saturated heterocycles. The van der Waals surface area contributed by atoms with Gasteiger partial charge in [-0.2, -0.15) is 0 Å². The number of carbonyl (C=O) groups is 1. The van der Waals surface area contributed by atoms with Crippen LogP contribution in [0.1, 0.15) is 31.2 Å². The Labute approximate surface area is 117 Å². The fourth-order valence-corrected chi connectivity index (χ4v) is 1.80. The molecule has 0 aliphatic heterocycles. The molecule has 100 valence electrons. The highest BCUT2D eigenvalue weighted by atomic mass is 35.5. The van der Waals surface area contributed by atoms with Crippen molar-refractivity contribution in [1.82, 2.24) is 0 Å². The van der Waals surface area contributed by atoms with Crippen molar-refractivity contribution >= 4 is 29.2 Å². The van der Waals surface area contributed by atoms with E-state index < -0.39 is 5.97 Å². The van der Waals surface area contributed by atoms with Crippen LogP contribution in [0.3, 0.4) is 0 Å².